The minimum Gasteiger partial charge on any atom is -0.364 e. The van der Waals surface area contributed by atoms with Crippen LogP contribution in [0.2, 0.25) is 0 Å². The Morgan fingerprint density at radius 2 is 1.81 bits per heavy atom. The van der Waals surface area contributed by atoms with Gasteiger partial charge in [0, 0.05) is 5.39 Å². The van der Waals surface area contributed by atoms with E-state index in [1.54, 1.807) is 0 Å². The van der Waals surface area contributed by atoms with Gasteiger partial charge in [0.15, 0.2) is 5.69 Å². The summed E-state index contributed by atoms with van der Waals surface area (Å²) in [6.45, 7) is 4.13. The number of piperidine rings is 2. The van der Waals surface area contributed by atoms with Gasteiger partial charge in [0.25, 0.3) is 5.91 Å². The highest BCUT2D eigenvalue weighted by Gasteiger charge is 2.22. The largest absolute Gasteiger partial charge is 0.364 e. The van der Waals surface area contributed by atoms with Crippen molar-refractivity contribution in [1.29, 1.82) is 0 Å². The number of nitrogens with two attached hydrogens (primary N) is 1. The maximum atomic E-state index is 11.9. The summed E-state index contributed by atoms with van der Waals surface area (Å²) in [4.78, 5) is 11.9. The lowest BCUT2D eigenvalue weighted by molar-refractivity contribution is 0.0995. The van der Waals surface area contributed by atoms with Crippen LogP contribution in [-0.4, -0.2) is 41.9 Å². The van der Waals surface area contributed by atoms with Crippen LogP contribution in [0, 0.1) is 5.92 Å². The number of hydrogen-bond acceptors (Lipinski definition) is 4. The third-order valence-electron chi connectivity index (χ3n) is 5.56. The van der Waals surface area contributed by atoms with Crippen molar-refractivity contribution in [3.8, 4) is 0 Å². The molecule has 0 unspecified atom stereocenters. The van der Waals surface area contributed by atoms with Crippen LogP contribution in [-0.2, 0) is 0 Å². The number of aromatic nitrogens is 2. The molecule has 1 aromatic carbocycles. The molecule has 1 aromatic heterocycles. The molecule has 0 saturated carbocycles. The molecule has 2 aliphatic rings. The van der Waals surface area contributed by atoms with Crippen molar-refractivity contribution in [1.82, 2.24) is 20.4 Å². The normalized spacial score (nSPS) is 20.2. The molecule has 0 radical (unpaired) electrons. The summed E-state index contributed by atoms with van der Waals surface area (Å²) in [5.74, 6) is 0.169. The number of hydrogen-bond donors (Lipinski definition) is 3. The van der Waals surface area contributed by atoms with Gasteiger partial charge in [0.1, 0.15) is 0 Å². The van der Waals surface area contributed by atoms with E-state index < -0.39 is 5.91 Å². The molecule has 2 aliphatic heterocycles. The van der Waals surface area contributed by atoms with Gasteiger partial charge in [0.2, 0.25) is 0 Å². The Labute approximate surface area is 153 Å². The third kappa shape index (κ3) is 3.52. The van der Waals surface area contributed by atoms with E-state index in [-0.39, 0.29) is 0 Å². The highest BCUT2D eigenvalue weighted by atomic mass is 16.1. The van der Waals surface area contributed by atoms with Crippen molar-refractivity contribution in [2.24, 2.45) is 11.7 Å². The molecule has 4 rings (SSSR count). The number of nitrogens with one attached hydrogen (secondary N) is 2. The Morgan fingerprint density at radius 3 is 2.50 bits per heavy atom. The molecule has 26 heavy (non-hydrogen) atoms. The second-order valence-corrected chi connectivity index (χ2v) is 7.36. The first-order valence-electron chi connectivity index (χ1n) is 9.64. The molecule has 3 heterocycles. The number of nitrogens with zero attached hydrogens (tertiary/aromatic N) is 2. The smallest absolute Gasteiger partial charge is 0.269 e. The van der Waals surface area contributed by atoms with Gasteiger partial charge in [-0.05, 0) is 75.5 Å². The van der Waals surface area contributed by atoms with Crippen molar-refractivity contribution in [2.45, 2.75) is 31.7 Å². The van der Waals surface area contributed by atoms with Gasteiger partial charge in [-0.2, -0.15) is 5.10 Å². The predicted molar refractivity (Wildman–Crippen MR) is 104 cm³/mol. The van der Waals surface area contributed by atoms with Crippen molar-refractivity contribution in [2.75, 3.05) is 26.2 Å². The standard InChI is InChI=1S/C20H27N5O/c21-20(26)19-17-13-15(2-1-14-5-9-22-10-6-14)3-4-18(17)25(24-19)16-7-11-23-12-8-16/h1-4,13-14,16,22-23H,5-12H2,(H2,21,26). The van der Waals surface area contributed by atoms with Gasteiger partial charge in [-0.1, -0.05) is 18.2 Å². The summed E-state index contributed by atoms with van der Waals surface area (Å²) in [7, 11) is 0. The molecular weight excluding hydrogens is 326 g/mol. The number of fused-ring (bicyclic) bond motifs is 1. The Balaban J connectivity index is 1.66. The van der Waals surface area contributed by atoms with E-state index in [1.807, 2.05) is 4.68 Å². The molecular formula is C20H27N5O. The molecule has 6 nitrogen and oxygen atoms in total. The average molecular weight is 353 g/mol. The summed E-state index contributed by atoms with van der Waals surface area (Å²) in [5.41, 5.74) is 8.10. The van der Waals surface area contributed by atoms with Crippen molar-refractivity contribution >= 4 is 22.9 Å². The molecule has 4 N–H and O–H groups in total. The maximum Gasteiger partial charge on any atom is 0.269 e. The van der Waals surface area contributed by atoms with Crippen LogP contribution in [0.5, 0.6) is 0 Å². The average Bonchev–Trinajstić information content (AvgIpc) is 3.07. The first-order chi connectivity index (χ1) is 12.7. The number of amides is 1. The van der Waals surface area contributed by atoms with E-state index in [4.69, 9.17) is 5.73 Å². The number of carbonyl (C=O) groups excluding carboxylic acids is 1. The summed E-state index contributed by atoms with van der Waals surface area (Å²) in [6, 6.07) is 6.57. The molecule has 0 atom stereocenters. The lowest BCUT2D eigenvalue weighted by Crippen LogP contribution is -2.30. The topological polar surface area (TPSA) is 85.0 Å². The van der Waals surface area contributed by atoms with E-state index in [0.29, 0.717) is 17.7 Å². The molecule has 2 fully saturated rings. The van der Waals surface area contributed by atoms with Crippen LogP contribution in [0.4, 0.5) is 0 Å². The lowest BCUT2D eigenvalue weighted by Gasteiger charge is -2.23. The summed E-state index contributed by atoms with van der Waals surface area (Å²) < 4.78 is 2.01. The molecule has 0 aliphatic carbocycles. The van der Waals surface area contributed by atoms with E-state index in [1.165, 1.54) is 12.8 Å². The van der Waals surface area contributed by atoms with Crippen LogP contribution in [0.3, 0.4) is 0 Å². The summed E-state index contributed by atoms with van der Waals surface area (Å²) in [5, 5.41) is 12.2. The number of allylic oxidation sites excluding steroid dienone is 1. The Kier molecular flexibility index (Phi) is 5.04. The van der Waals surface area contributed by atoms with E-state index in [0.717, 1.165) is 55.5 Å². The predicted octanol–water partition coefficient (Wildman–Crippen LogP) is 2.07. The molecule has 2 aromatic rings. The van der Waals surface area contributed by atoms with Gasteiger partial charge < -0.3 is 16.4 Å². The third-order valence-corrected chi connectivity index (χ3v) is 5.56. The molecule has 2 saturated heterocycles. The van der Waals surface area contributed by atoms with Crippen LogP contribution in [0.25, 0.3) is 17.0 Å². The fourth-order valence-electron chi connectivity index (χ4n) is 4.06. The maximum absolute atomic E-state index is 11.9. The molecule has 0 bridgehead atoms. The number of primary amides is 1. The fraction of sp³-hybridized carbons (Fsp3) is 0.500. The van der Waals surface area contributed by atoms with Gasteiger partial charge in [-0.15, -0.1) is 0 Å². The first kappa shape index (κ1) is 17.2. The van der Waals surface area contributed by atoms with E-state index in [2.05, 4.69) is 46.1 Å². The van der Waals surface area contributed by atoms with E-state index >= 15 is 0 Å². The number of benzene rings is 1. The van der Waals surface area contributed by atoms with Crippen molar-refractivity contribution in [3.63, 3.8) is 0 Å². The summed E-state index contributed by atoms with van der Waals surface area (Å²) >= 11 is 0. The molecule has 0 spiro atoms. The van der Waals surface area contributed by atoms with Gasteiger partial charge in [-0.25, -0.2) is 0 Å². The van der Waals surface area contributed by atoms with Gasteiger partial charge >= 0.3 is 0 Å². The zero-order chi connectivity index (χ0) is 17.9. The minimum absolute atomic E-state index is 0.322. The zero-order valence-electron chi connectivity index (χ0n) is 15.1. The molecule has 138 valence electrons. The lowest BCUT2D eigenvalue weighted by atomic mass is 9.96. The summed E-state index contributed by atoms with van der Waals surface area (Å²) in [6.07, 6.45) is 8.86. The van der Waals surface area contributed by atoms with Crippen LogP contribution in [0.1, 0.15) is 47.8 Å². The molecule has 6 heteroatoms. The van der Waals surface area contributed by atoms with Crippen molar-refractivity contribution < 1.29 is 4.79 Å². The minimum atomic E-state index is -0.456. The van der Waals surface area contributed by atoms with Crippen LogP contribution in [0.15, 0.2) is 24.3 Å². The monoisotopic (exact) mass is 353 g/mol. The Hall–Kier alpha value is -2.18. The Morgan fingerprint density at radius 1 is 1.12 bits per heavy atom. The Bertz CT molecular complexity index is 813. The van der Waals surface area contributed by atoms with Crippen molar-refractivity contribution in [3.05, 3.63) is 35.5 Å². The SMILES string of the molecule is NC(=O)c1nn(C2CCNCC2)c2ccc(C=CC3CCNCC3)cc12. The van der Waals surface area contributed by atoms with Crippen LogP contribution >= 0.6 is 0 Å². The second-order valence-electron chi connectivity index (χ2n) is 7.36. The molecule has 1 amide bonds. The second kappa shape index (κ2) is 7.60. The highest BCUT2D eigenvalue weighted by Crippen LogP contribution is 2.28. The zero-order valence-corrected chi connectivity index (χ0v) is 15.1. The van der Waals surface area contributed by atoms with Crippen LogP contribution < -0.4 is 16.4 Å². The van der Waals surface area contributed by atoms with E-state index in [9.17, 15) is 4.79 Å². The number of carbonyl (C=O) groups is 1. The van der Waals surface area contributed by atoms with Gasteiger partial charge in [-0.3, -0.25) is 9.48 Å². The highest BCUT2D eigenvalue weighted by molar-refractivity contribution is 6.04. The first-order valence-corrected chi connectivity index (χ1v) is 9.64. The van der Waals surface area contributed by atoms with Gasteiger partial charge in [0.05, 0.1) is 11.6 Å². The quantitative estimate of drug-likeness (QED) is 0.786. The number of rotatable bonds is 4. The fourth-order valence-corrected chi connectivity index (χ4v) is 4.06.